The fourth-order valence-corrected chi connectivity index (χ4v) is 13.4. The fourth-order valence-electron chi connectivity index (χ4n) is 13.4. The van der Waals surface area contributed by atoms with Crippen LogP contribution in [0.15, 0.2) is 230 Å². The van der Waals surface area contributed by atoms with Crippen molar-refractivity contribution in [2.24, 2.45) is 0 Å². The van der Waals surface area contributed by atoms with Gasteiger partial charge in [-0.1, -0.05) is 188 Å². The zero-order valence-corrected chi connectivity index (χ0v) is 42.1. The smallest absolute Gasteiger partial charge is 0.240 e. The van der Waals surface area contributed by atoms with Gasteiger partial charge in [0.1, 0.15) is 0 Å². The second-order valence-corrected chi connectivity index (χ2v) is 20.6. The second kappa shape index (κ2) is 16.5. The van der Waals surface area contributed by atoms with E-state index in [4.69, 9.17) is 15.0 Å². The highest BCUT2D eigenvalue weighted by atomic mass is 15.3. The number of aromatic nitrogens is 6. The van der Waals surface area contributed by atoms with E-state index >= 15 is 0 Å². The molecule has 0 amide bonds. The van der Waals surface area contributed by atoms with E-state index in [0.29, 0.717) is 17.7 Å². The molecule has 0 bridgehead atoms. The van der Waals surface area contributed by atoms with Crippen molar-refractivity contribution in [3.05, 3.63) is 246 Å². The Morgan fingerprint density at radius 3 is 1.86 bits per heavy atom. The molecule has 0 saturated heterocycles. The van der Waals surface area contributed by atoms with E-state index in [2.05, 4.69) is 257 Å². The van der Waals surface area contributed by atoms with Gasteiger partial charge in [0, 0.05) is 71.8 Å². The van der Waals surface area contributed by atoms with Gasteiger partial charge in [-0.2, -0.15) is 15.0 Å². The van der Waals surface area contributed by atoms with Crippen LogP contribution in [0.1, 0.15) is 43.0 Å². The molecule has 7 nitrogen and oxygen atoms in total. The maximum atomic E-state index is 5.95. The van der Waals surface area contributed by atoms with Crippen LogP contribution in [0.3, 0.4) is 0 Å². The zero-order valence-electron chi connectivity index (χ0n) is 42.1. The summed E-state index contributed by atoms with van der Waals surface area (Å²) in [6, 6.07) is 68.1. The number of anilines is 2. The Hall–Kier alpha value is -9.59. The minimum atomic E-state index is -0.154. The monoisotopic (exact) mass is 975 g/mol. The van der Waals surface area contributed by atoms with Crippen LogP contribution in [0, 0.1) is 0 Å². The summed E-state index contributed by atoms with van der Waals surface area (Å²) in [6.07, 6.45) is 15.8. The molecule has 13 aromatic rings. The third-order valence-electron chi connectivity index (χ3n) is 16.5. The maximum absolute atomic E-state index is 5.95. The normalized spacial score (nSPS) is 16.2. The summed E-state index contributed by atoms with van der Waals surface area (Å²) >= 11 is 0. The summed E-state index contributed by atoms with van der Waals surface area (Å²) in [5.41, 5.74) is 16.2. The van der Waals surface area contributed by atoms with Gasteiger partial charge in [0.2, 0.25) is 11.9 Å². The quantitative estimate of drug-likeness (QED) is 0.167. The number of para-hydroxylation sites is 2. The molecule has 1 aliphatic heterocycles. The predicted molar refractivity (Wildman–Crippen MR) is 315 cm³/mol. The molecule has 4 aromatic heterocycles. The highest BCUT2D eigenvalue weighted by molar-refractivity contribution is 6.26. The first-order chi connectivity index (χ1) is 37.6. The number of hydrogen-bond donors (Lipinski definition) is 0. The molecule has 0 fully saturated rings. The number of allylic oxidation sites excluding steroid dienone is 4. The minimum absolute atomic E-state index is 0.0122. The van der Waals surface area contributed by atoms with Crippen LogP contribution in [0.25, 0.3) is 111 Å². The van der Waals surface area contributed by atoms with E-state index < -0.39 is 0 Å². The third-order valence-corrected chi connectivity index (χ3v) is 16.5. The number of nitrogens with zero attached hydrogens (tertiary/aromatic N) is 7. The largest absolute Gasteiger partial charge is 0.313 e. The first-order valence-electron chi connectivity index (χ1n) is 26.5. The average molecular weight is 976 g/mol. The molecule has 16 rings (SSSR count). The van der Waals surface area contributed by atoms with Crippen molar-refractivity contribution in [1.82, 2.24) is 28.7 Å². The van der Waals surface area contributed by atoms with Gasteiger partial charge in [-0.05, 0) is 90.6 Å². The van der Waals surface area contributed by atoms with Crippen LogP contribution < -0.4 is 4.90 Å². The molecule has 5 heterocycles. The molecule has 2 aliphatic carbocycles. The van der Waals surface area contributed by atoms with Crippen LogP contribution in [0.2, 0.25) is 0 Å². The molecule has 0 radical (unpaired) electrons. The first kappa shape index (κ1) is 42.9. The Morgan fingerprint density at radius 2 is 1.12 bits per heavy atom. The third kappa shape index (κ3) is 6.02. The van der Waals surface area contributed by atoms with Gasteiger partial charge in [0.25, 0.3) is 0 Å². The molecule has 7 heteroatoms. The van der Waals surface area contributed by atoms with E-state index in [1.807, 2.05) is 0 Å². The highest BCUT2D eigenvalue weighted by Gasteiger charge is 2.45. The van der Waals surface area contributed by atoms with Crippen molar-refractivity contribution in [1.29, 1.82) is 0 Å². The molecule has 9 aromatic carbocycles. The summed E-state index contributed by atoms with van der Waals surface area (Å²) in [5, 5.41) is 10.6. The molecule has 2 atom stereocenters. The summed E-state index contributed by atoms with van der Waals surface area (Å²) in [4.78, 5) is 19.8. The van der Waals surface area contributed by atoms with Gasteiger partial charge in [0.05, 0.1) is 39.3 Å². The van der Waals surface area contributed by atoms with E-state index in [0.717, 1.165) is 79.1 Å². The molecule has 360 valence electrons. The van der Waals surface area contributed by atoms with Crippen molar-refractivity contribution >= 4 is 93.8 Å². The SMILES string of the molecule is C/C=C\C1=C(C)C=CC2c3ccc4c(c3N(c3nc(-c5ccccc5)nc(-n5c6c7ccccc7ccc6c6ccc7c(c8c(n7-c7ccccc7)CCC=C8)c65)n3)C12)c1ccc2ccccc2c1n4-c1ccccc1. The molecule has 3 aliphatic rings. The Balaban J connectivity index is 1.07. The van der Waals surface area contributed by atoms with Crippen molar-refractivity contribution in [3.8, 4) is 28.7 Å². The number of rotatable bonds is 6. The van der Waals surface area contributed by atoms with Crippen molar-refractivity contribution in [2.75, 3.05) is 4.90 Å². The fraction of sp³-hybridized carbons (Fsp3) is 0.0870. The van der Waals surface area contributed by atoms with Gasteiger partial charge < -0.3 is 14.0 Å². The van der Waals surface area contributed by atoms with E-state index in [1.54, 1.807) is 0 Å². The second-order valence-electron chi connectivity index (χ2n) is 20.6. The van der Waals surface area contributed by atoms with Crippen molar-refractivity contribution in [2.45, 2.75) is 38.6 Å². The minimum Gasteiger partial charge on any atom is -0.313 e. The molecule has 76 heavy (non-hydrogen) atoms. The Bertz CT molecular complexity index is 4720. The Labute approximate surface area is 438 Å². The lowest BCUT2D eigenvalue weighted by Gasteiger charge is -2.32. The van der Waals surface area contributed by atoms with Crippen LogP contribution in [-0.2, 0) is 6.42 Å². The van der Waals surface area contributed by atoms with Crippen LogP contribution in [-0.4, -0.2) is 34.7 Å². The van der Waals surface area contributed by atoms with Crippen LogP contribution in [0.4, 0.5) is 11.6 Å². The van der Waals surface area contributed by atoms with Crippen molar-refractivity contribution in [3.63, 3.8) is 0 Å². The Morgan fingerprint density at radius 1 is 0.513 bits per heavy atom. The average Bonchev–Trinajstić information content (AvgIpc) is 4.42. The number of benzene rings is 9. The van der Waals surface area contributed by atoms with Crippen LogP contribution in [0.5, 0.6) is 0 Å². The highest BCUT2D eigenvalue weighted by Crippen LogP contribution is 2.56. The lowest BCUT2D eigenvalue weighted by atomic mass is 9.83. The Kier molecular flexibility index (Phi) is 9.28. The maximum Gasteiger partial charge on any atom is 0.240 e. The molecule has 0 saturated carbocycles. The van der Waals surface area contributed by atoms with E-state index in [-0.39, 0.29) is 12.0 Å². The lowest BCUT2D eigenvalue weighted by Crippen LogP contribution is -2.34. The lowest BCUT2D eigenvalue weighted by molar-refractivity contribution is 0.696. The summed E-state index contributed by atoms with van der Waals surface area (Å²) < 4.78 is 7.34. The zero-order chi connectivity index (χ0) is 50.2. The molecule has 0 N–H and O–H groups in total. The van der Waals surface area contributed by atoms with Gasteiger partial charge in [-0.3, -0.25) is 4.57 Å². The number of fused-ring (bicyclic) bond motifs is 18. The molecule has 0 spiro atoms. The predicted octanol–water partition coefficient (Wildman–Crippen LogP) is 17.0. The van der Waals surface area contributed by atoms with Crippen molar-refractivity contribution < 1.29 is 0 Å². The molecular formula is C69H49N7. The number of hydrogen-bond acceptors (Lipinski definition) is 4. The summed E-state index contributed by atoms with van der Waals surface area (Å²) in [6.45, 7) is 4.36. The van der Waals surface area contributed by atoms with E-state index in [1.165, 1.54) is 60.4 Å². The molecule has 2 unspecified atom stereocenters. The summed E-state index contributed by atoms with van der Waals surface area (Å²) in [5.74, 6) is 1.80. The van der Waals surface area contributed by atoms with Crippen LogP contribution >= 0.6 is 0 Å². The van der Waals surface area contributed by atoms with Gasteiger partial charge in [-0.25, -0.2) is 0 Å². The first-order valence-corrected chi connectivity index (χ1v) is 26.5. The van der Waals surface area contributed by atoms with E-state index in [9.17, 15) is 0 Å². The standard InChI is InChI=1S/C69H49N7/c1-3-19-48-42(2)32-35-51-53-39-41-59-61(56-37-34-44-21-14-16-29-50(44)64(56)74(59)47-26-11-6-12-27-47)66(53)75(62(48)51)68-70-67(45-22-7-4-8-23-45)71-69(72-68)76-63-49-28-15-13-20-43(49)33-36-52(63)54-38-40-58-60(65(54)76)55-30-17-18-31-57(55)73(58)46-24-9-5-10-25-46/h3-17,19-30,32-41,51,62H,18,31H2,1-2H3/b19-3-. The van der Waals surface area contributed by atoms with Gasteiger partial charge in [0.15, 0.2) is 5.82 Å². The van der Waals surface area contributed by atoms with Gasteiger partial charge in [-0.15, -0.1) is 0 Å². The molecular weight excluding hydrogens is 927 g/mol. The van der Waals surface area contributed by atoms with Gasteiger partial charge >= 0.3 is 0 Å². The topological polar surface area (TPSA) is 56.7 Å². The summed E-state index contributed by atoms with van der Waals surface area (Å²) in [7, 11) is 0.